The van der Waals surface area contributed by atoms with Crippen LogP contribution in [0.1, 0.15) is 19.8 Å². The highest BCUT2D eigenvalue weighted by atomic mass is 16.5. The molecular formula is C9H15NO2. The highest BCUT2D eigenvalue weighted by Gasteiger charge is 2.47. The molecule has 2 fully saturated rings. The first kappa shape index (κ1) is 8.05. The lowest BCUT2D eigenvalue weighted by Gasteiger charge is -2.24. The van der Waals surface area contributed by atoms with Crippen molar-refractivity contribution in [1.29, 1.82) is 0 Å². The standard InChI is InChI=1S/C9H15NO2/c1-5-3-7-8(10-7)4-6(5)9(11)12-2/h5-8,10H,3-4H2,1-2H3/t5-,6+,7-,8+/m1/s1. The fraction of sp³-hybridized carbons (Fsp3) is 0.889. The molecule has 3 heteroatoms. The van der Waals surface area contributed by atoms with Crippen LogP contribution in [0.4, 0.5) is 0 Å². The summed E-state index contributed by atoms with van der Waals surface area (Å²) in [4.78, 5) is 11.3. The summed E-state index contributed by atoms with van der Waals surface area (Å²) in [5, 5.41) is 3.36. The Kier molecular flexibility index (Phi) is 1.83. The van der Waals surface area contributed by atoms with E-state index in [-0.39, 0.29) is 11.9 Å². The summed E-state index contributed by atoms with van der Waals surface area (Å²) < 4.78 is 4.76. The van der Waals surface area contributed by atoms with Crippen LogP contribution in [0, 0.1) is 11.8 Å². The SMILES string of the molecule is COC(=O)[C@H]1C[C@@H]2N[C@@H]2C[C@H]1C. The van der Waals surface area contributed by atoms with Gasteiger partial charge in [-0.25, -0.2) is 0 Å². The molecule has 1 saturated heterocycles. The van der Waals surface area contributed by atoms with Gasteiger partial charge in [-0.3, -0.25) is 4.79 Å². The number of nitrogens with one attached hydrogen (secondary N) is 1. The largest absolute Gasteiger partial charge is 0.469 e. The van der Waals surface area contributed by atoms with Gasteiger partial charge in [-0.05, 0) is 18.8 Å². The van der Waals surface area contributed by atoms with E-state index >= 15 is 0 Å². The van der Waals surface area contributed by atoms with Crippen LogP contribution < -0.4 is 5.32 Å². The highest BCUT2D eigenvalue weighted by molar-refractivity contribution is 5.73. The van der Waals surface area contributed by atoms with E-state index < -0.39 is 0 Å². The van der Waals surface area contributed by atoms with Crippen molar-refractivity contribution >= 4 is 5.97 Å². The molecule has 1 heterocycles. The van der Waals surface area contributed by atoms with Gasteiger partial charge < -0.3 is 10.1 Å². The summed E-state index contributed by atoms with van der Waals surface area (Å²) >= 11 is 0. The molecule has 2 aliphatic rings. The van der Waals surface area contributed by atoms with Crippen LogP contribution in [-0.2, 0) is 9.53 Å². The zero-order chi connectivity index (χ0) is 8.72. The Morgan fingerprint density at radius 2 is 2.08 bits per heavy atom. The molecule has 12 heavy (non-hydrogen) atoms. The second-order valence-corrected chi connectivity index (χ2v) is 3.96. The second-order valence-electron chi connectivity index (χ2n) is 3.96. The predicted molar refractivity (Wildman–Crippen MR) is 44.6 cm³/mol. The molecule has 68 valence electrons. The first-order valence-electron chi connectivity index (χ1n) is 4.56. The van der Waals surface area contributed by atoms with Gasteiger partial charge in [-0.2, -0.15) is 0 Å². The molecule has 3 nitrogen and oxygen atoms in total. The predicted octanol–water partition coefficient (Wildman–Crippen LogP) is 0.546. The van der Waals surface area contributed by atoms with Crippen molar-refractivity contribution in [2.45, 2.75) is 31.8 Å². The Bertz CT molecular complexity index is 205. The van der Waals surface area contributed by atoms with Crippen molar-refractivity contribution in [3.63, 3.8) is 0 Å². The molecule has 4 atom stereocenters. The molecule has 1 saturated carbocycles. The number of hydrogen-bond acceptors (Lipinski definition) is 3. The number of esters is 1. The van der Waals surface area contributed by atoms with Gasteiger partial charge in [0, 0.05) is 12.1 Å². The van der Waals surface area contributed by atoms with Gasteiger partial charge in [-0.1, -0.05) is 6.92 Å². The van der Waals surface area contributed by atoms with Crippen molar-refractivity contribution in [2.24, 2.45) is 11.8 Å². The normalized spacial score (nSPS) is 44.8. The van der Waals surface area contributed by atoms with E-state index in [9.17, 15) is 4.79 Å². The van der Waals surface area contributed by atoms with Crippen LogP contribution in [0.2, 0.25) is 0 Å². The average molecular weight is 169 g/mol. The van der Waals surface area contributed by atoms with Crippen LogP contribution in [-0.4, -0.2) is 25.2 Å². The lowest BCUT2D eigenvalue weighted by molar-refractivity contribution is -0.148. The summed E-state index contributed by atoms with van der Waals surface area (Å²) in [5.41, 5.74) is 0. The fourth-order valence-electron chi connectivity index (χ4n) is 2.23. The maximum Gasteiger partial charge on any atom is 0.308 e. The van der Waals surface area contributed by atoms with Crippen molar-refractivity contribution < 1.29 is 9.53 Å². The van der Waals surface area contributed by atoms with E-state index in [4.69, 9.17) is 4.74 Å². The molecule has 0 bridgehead atoms. The van der Waals surface area contributed by atoms with Crippen LogP contribution in [0.3, 0.4) is 0 Å². The van der Waals surface area contributed by atoms with E-state index in [1.54, 1.807) is 0 Å². The molecule has 0 spiro atoms. The van der Waals surface area contributed by atoms with Gasteiger partial charge in [0.1, 0.15) is 0 Å². The van der Waals surface area contributed by atoms with Gasteiger partial charge in [0.25, 0.3) is 0 Å². The van der Waals surface area contributed by atoms with Crippen molar-refractivity contribution in [1.82, 2.24) is 5.32 Å². The first-order valence-corrected chi connectivity index (χ1v) is 4.56. The first-order chi connectivity index (χ1) is 5.72. The minimum absolute atomic E-state index is 0.0327. The van der Waals surface area contributed by atoms with E-state index in [2.05, 4.69) is 12.2 Å². The number of hydrogen-bond donors (Lipinski definition) is 1. The van der Waals surface area contributed by atoms with Gasteiger partial charge in [0.2, 0.25) is 0 Å². The van der Waals surface area contributed by atoms with Gasteiger partial charge in [-0.15, -0.1) is 0 Å². The Hall–Kier alpha value is -0.570. The molecule has 0 unspecified atom stereocenters. The number of carbonyl (C=O) groups excluding carboxylic acids is 1. The highest BCUT2D eigenvalue weighted by Crippen LogP contribution is 2.37. The zero-order valence-electron chi connectivity index (χ0n) is 7.54. The number of rotatable bonds is 1. The fourth-order valence-corrected chi connectivity index (χ4v) is 2.23. The lowest BCUT2D eigenvalue weighted by Crippen LogP contribution is -2.29. The molecule has 1 aliphatic heterocycles. The summed E-state index contributed by atoms with van der Waals surface area (Å²) in [6.07, 6.45) is 2.10. The van der Waals surface area contributed by atoms with Crippen LogP contribution >= 0.6 is 0 Å². The van der Waals surface area contributed by atoms with Gasteiger partial charge >= 0.3 is 5.97 Å². The maximum absolute atomic E-state index is 11.3. The third-order valence-electron chi connectivity index (χ3n) is 3.13. The molecule has 0 aromatic carbocycles. The molecule has 0 aromatic rings. The van der Waals surface area contributed by atoms with Crippen LogP contribution in [0.5, 0.6) is 0 Å². The minimum atomic E-state index is -0.0327. The second kappa shape index (κ2) is 2.73. The Labute approximate surface area is 72.5 Å². The van der Waals surface area contributed by atoms with E-state index in [0.717, 1.165) is 12.8 Å². The monoisotopic (exact) mass is 169 g/mol. The summed E-state index contributed by atoms with van der Waals surface area (Å²) in [6.45, 7) is 2.14. The van der Waals surface area contributed by atoms with Crippen LogP contribution in [0.15, 0.2) is 0 Å². The Balaban J connectivity index is 1.99. The Morgan fingerprint density at radius 1 is 1.42 bits per heavy atom. The molecule has 0 aromatic heterocycles. The minimum Gasteiger partial charge on any atom is -0.469 e. The molecular weight excluding hydrogens is 154 g/mol. The molecule has 2 rings (SSSR count). The van der Waals surface area contributed by atoms with Gasteiger partial charge in [0.05, 0.1) is 13.0 Å². The summed E-state index contributed by atoms with van der Waals surface area (Å²) in [5.74, 6) is 0.578. The van der Waals surface area contributed by atoms with Crippen molar-refractivity contribution in [3.8, 4) is 0 Å². The lowest BCUT2D eigenvalue weighted by atomic mass is 9.80. The quantitative estimate of drug-likeness (QED) is 0.460. The van der Waals surface area contributed by atoms with Crippen LogP contribution in [0.25, 0.3) is 0 Å². The summed E-state index contributed by atoms with van der Waals surface area (Å²) in [6, 6.07) is 1.30. The van der Waals surface area contributed by atoms with Crippen molar-refractivity contribution in [2.75, 3.05) is 7.11 Å². The smallest absolute Gasteiger partial charge is 0.308 e. The van der Waals surface area contributed by atoms with Gasteiger partial charge in [0.15, 0.2) is 0 Å². The number of methoxy groups -OCH3 is 1. The molecule has 0 amide bonds. The number of fused-ring (bicyclic) bond motifs is 1. The third kappa shape index (κ3) is 1.22. The average Bonchev–Trinajstić information content (AvgIpc) is 2.79. The van der Waals surface area contributed by atoms with E-state index in [1.165, 1.54) is 7.11 Å². The third-order valence-corrected chi connectivity index (χ3v) is 3.13. The van der Waals surface area contributed by atoms with E-state index in [1.807, 2.05) is 0 Å². The topological polar surface area (TPSA) is 48.2 Å². The summed E-state index contributed by atoms with van der Waals surface area (Å²) in [7, 11) is 1.47. The number of ether oxygens (including phenoxy) is 1. The number of carbonyl (C=O) groups is 1. The van der Waals surface area contributed by atoms with E-state index in [0.29, 0.717) is 18.0 Å². The maximum atomic E-state index is 11.3. The molecule has 1 N–H and O–H groups in total. The zero-order valence-corrected chi connectivity index (χ0v) is 7.54. The Morgan fingerprint density at radius 3 is 2.75 bits per heavy atom. The molecule has 0 radical (unpaired) electrons. The molecule has 1 aliphatic carbocycles. The van der Waals surface area contributed by atoms with Crippen molar-refractivity contribution in [3.05, 3.63) is 0 Å².